The Morgan fingerprint density at radius 2 is 2.05 bits per heavy atom. The highest BCUT2D eigenvalue weighted by atomic mass is 32.2. The van der Waals surface area contributed by atoms with Crippen LogP contribution in [0.5, 0.6) is 0 Å². The van der Waals surface area contributed by atoms with Crippen molar-refractivity contribution in [2.75, 3.05) is 19.1 Å². The van der Waals surface area contributed by atoms with Crippen molar-refractivity contribution in [1.29, 1.82) is 0 Å². The fraction of sp³-hybridized carbons (Fsp3) is 0.571. The Morgan fingerprint density at radius 3 is 2.60 bits per heavy atom. The lowest BCUT2D eigenvalue weighted by molar-refractivity contribution is 0.557. The van der Waals surface area contributed by atoms with Gasteiger partial charge in [-0.2, -0.15) is 11.8 Å². The van der Waals surface area contributed by atoms with Gasteiger partial charge in [0.25, 0.3) is 0 Å². The second kappa shape index (κ2) is 8.02. The Hall–Kier alpha value is -0.560. The summed E-state index contributed by atoms with van der Waals surface area (Å²) in [7, 11) is -1.61. The van der Waals surface area contributed by atoms with E-state index in [9.17, 15) is 8.42 Å². The third-order valence-electron chi connectivity index (χ3n) is 3.11. The fourth-order valence-electron chi connectivity index (χ4n) is 1.97. The van der Waals surface area contributed by atoms with Crippen molar-refractivity contribution in [3.05, 3.63) is 29.3 Å². The second-order valence-corrected chi connectivity index (χ2v) is 7.41. The van der Waals surface area contributed by atoms with E-state index in [4.69, 9.17) is 0 Å². The molecule has 0 bridgehead atoms. The Balaban J connectivity index is 3.04. The molecule has 0 saturated carbocycles. The van der Waals surface area contributed by atoms with Crippen LogP contribution in [0.2, 0.25) is 0 Å². The number of nitrogens with one attached hydrogen (secondary N) is 2. The Labute approximate surface area is 126 Å². The highest BCUT2D eigenvalue weighted by molar-refractivity contribution is 7.98. The summed E-state index contributed by atoms with van der Waals surface area (Å²) in [5.41, 5.74) is 1.74. The van der Waals surface area contributed by atoms with Crippen LogP contribution < -0.4 is 10.0 Å². The number of sulfonamides is 1. The summed E-state index contributed by atoms with van der Waals surface area (Å²) in [5.74, 6) is 0.783. The molecule has 0 radical (unpaired) electrons. The van der Waals surface area contributed by atoms with Gasteiger partial charge in [0.1, 0.15) is 0 Å². The minimum Gasteiger partial charge on any atom is -0.316 e. The normalized spacial score (nSPS) is 13.4. The quantitative estimate of drug-likeness (QED) is 0.771. The van der Waals surface area contributed by atoms with Crippen molar-refractivity contribution in [3.63, 3.8) is 0 Å². The minimum absolute atomic E-state index is 0.0256. The number of hydrogen-bond acceptors (Lipinski definition) is 4. The number of benzene rings is 1. The maximum absolute atomic E-state index is 12.5. The summed E-state index contributed by atoms with van der Waals surface area (Å²) in [6.45, 7) is 4.48. The highest BCUT2D eigenvalue weighted by Crippen LogP contribution is 2.18. The third-order valence-corrected chi connectivity index (χ3v) is 5.50. The summed E-state index contributed by atoms with van der Waals surface area (Å²) in [4.78, 5) is 0.379. The summed E-state index contributed by atoms with van der Waals surface area (Å²) in [6, 6.07) is 5.53. The largest absolute Gasteiger partial charge is 0.316 e. The van der Waals surface area contributed by atoms with Crippen LogP contribution in [-0.2, 0) is 16.6 Å². The Morgan fingerprint density at radius 1 is 1.35 bits per heavy atom. The molecule has 0 heterocycles. The zero-order chi connectivity index (χ0) is 15.2. The number of hydrogen-bond donors (Lipinski definition) is 2. The molecule has 0 fully saturated rings. The van der Waals surface area contributed by atoms with Crippen LogP contribution in [0.15, 0.2) is 23.1 Å². The second-order valence-electron chi connectivity index (χ2n) is 4.81. The van der Waals surface area contributed by atoms with Crippen molar-refractivity contribution < 1.29 is 8.42 Å². The van der Waals surface area contributed by atoms with Crippen molar-refractivity contribution in [1.82, 2.24) is 10.0 Å². The zero-order valence-electron chi connectivity index (χ0n) is 12.6. The molecule has 1 atom stereocenters. The molecule has 0 amide bonds. The van der Waals surface area contributed by atoms with Gasteiger partial charge in [-0.1, -0.05) is 19.1 Å². The molecule has 6 heteroatoms. The van der Waals surface area contributed by atoms with Gasteiger partial charge in [-0.05, 0) is 43.8 Å². The highest BCUT2D eigenvalue weighted by Gasteiger charge is 2.21. The molecule has 114 valence electrons. The summed E-state index contributed by atoms with van der Waals surface area (Å²) < 4.78 is 27.8. The summed E-state index contributed by atoms with van der Waals surface area (Å²) in [6.07, 6.45) is 2.77. The molecule has 0 spiro atoms. The standard InChI is InChI=1S/C14H24N2O2S2/c1-5-13(10-19-4)16-20(17,18)14-8-12(9-15-3)7-6-11(14)2/h6-8,13,15-16H,5,9-10H2,1-4H3. The van der Waals surface area contributed by atoms with Gasteiger partial charge in [0.05, 0.1) is 4.90 Å². The van der Waals surface area contributed by atoms with Crippen LogP contribution in [0.3, 0.4) is 0 Å². The predicted octanol–water partition coefficient (Wildman–Crippen LogP) is 2.13. The lowest BCUT2D eigenvalue weighted by atomic mass is 10.1. The van der Waals surface area contributed by atoms with E-state index in [1.54, 1.807) is 17.8 Å². The smallest absolute Gasteiger partial charge is 0.241 e. The summed E-state index contributed by atoms with van der Waals surface area (Å²) in [5, 5.41) is 3.04. The molecule has 0 aliphatic rings. The first-order valence-electron chi connectivity index (χ1n) is 6.70. The van der Waals surface area contributed by atoms with Gasteiger partial charge < -0.3 is 5.32 Å². The molecule has 0 aliphatic heterocycles. The third kappa shape index (κ3) is 4.77. The van der Waals surface area contributed by atoms with E-state index in [1.807, 2.05) is 39.3 Å². The van der Waals surface area contributed by atoms with Crippen LogP contribution in [0, 0.1) is 6.92 Å². The molecule has 0 aliphatic carbocycles. The first-order chi connectivity index (χ1) is 9.44. The van der Waals surface area contributed by atoms with Crippen molar-refractivity contribution >= 4 is 21.8 Å². The first-order valence-corrected chi connectivity index (χ1v) is 9.57. The molecule has 0 saturated heterocycles. The van der Waals surface area contributed by atoms with Gasteiger partial charge in [-0.15, -0.1) is 0 Å². The molecule has 1 unspecified atom stereocenters. The van der Waals surface area contributed by atoms with Crippen LogP contribution >= 0.6 is 11.8 Å². The maximum atomic E-state index is 12.5. The number of aryl methyl sites for hydroxylation is 1. The molecule has 2 N–H and O–H groups in total. The predicted molar refractivity (Wildman–Crippen MR) is 86.7 cm³/mol. The average molecular weight is 316 g/mol. The SMILES string of the molecule is CCC(CSC)NS(=O)(=O)c1cc(CNC)ccc1C. The number of thioether (sulfide) groups is 1. The lowest BCUT2D eigenvalue weighted by Gasteiger charge is -2.17. The van der Waals surface area contributed by atoms with Gasteiger partial charge in [-0.3, -0.25) is 0 Å². The molecule has 1 rings (SSSR count). The van der Waals surface area contributed by atoms with Crippen molar-refractivity contribution in [2.24, 2.45) is 0 Å². The average Bonchev–Trinajstić information content (AvgIpc) is 2.40. The lowest BCUT2D eigenvalue weighted by Crippen LogP contribution is -2.36. The molecule has 1 aromatic carbocycles. The van der Waals surface area contributed by atoms with Crippen molar-refractivity contribution in [2.45, 2.75) is 37.8 Å². The minimum atomic E-state index is -3.46. The number of rotatable bonds is 8. The maximum Gasteiger partial charge on any atom is 0.241 e. The molecule has 4 nitrogen and oxygen atoms in total. The van der Waals surface area contributed by atoms with E-state index >= 15 is 0 Å². The monoisotopic (exact) mass is 316 g/mol. The summed E-state index contributed by atoms with van der Waals surface area (Å²) >= 11 is 1.65. The Bertz CT molecular complexity index is 530. The van der Waals surface area contributed by atoms with Gasteiger partial charge in [-0.25, -0.2) is 13.1 Å². The van der Waals surface area contributed by atoms with E-state index in [-0.39, 0.29) is 6.04 Å². The molecule has 1 aromatic rings. The van der Waals surface area contributed by atoms with E-state index < -0.39 is 10.0 Å². The van der Waals surface area contributed by atoms with Crippen LogP contribution in [0.4, 0.5) is 0 Å². The van der Waals surface area contributed by atoms with Gasteiger partial charge in [0.2, 0.25) is 10.0 Å². The van der Waals surface area contributed by atoms with E-state index in [0.717, 1.165) is 23.3 Å². The van der Waals surface area contributed by atoms with E-state index in [1.165, 1.54) is 0 Å². The first kappa shape index (κ1) is 17.5. The van der Waals surface area contributed by atoms with Crippen LogP contribution in [-0.4, -0.2) is 33.5 Å². The van der Waals surface area contributed by atoms with Gasteiger partial charge >= 0.3 is 0 Å². The topological polar surface area (TPSA) is 58.2 Å². The van der Waals surface area contributed by atoms with Gasteiger partial charge in [0, 0.05) is 18.3 Å². The molecular weight excluding hydrogens is 292 g/mol. The zero-order valence-corrected chi connectivity index (χ0v) is 14.2. The molecular formula is C14H24N2O2S2. The Kier molecular flexibility index (Phi) is 7.02. The molecule has 0 aromatic heterocycles. The fourth-order valence-corrected chi connectivity index (χ4v) is 4.41. The van der Waals surface area contributed by atoms with Crippen molar-refractivity contribution in [3.8, 4) is 0 Å². The van der Waals surface area contributed by atoms with Crippen LogP contribution in [0.25, 0.3) is 0 Å². The van der Waals surface area contributed by atoms with Gasteiger partial charge in [0.15, 0.2) is 0 Å². The van der Waals surface area contributed by atoms with E-state index in [2.05, 4.69) is 10.0 Å². The molecule has 20 heavy (non-hydrogen) atoms. The van der Waals surface area contributed by atoms with Crippen LogP contribution in [0.1, 0.15) is 24.5 Å². The van der Waals surface area contributed by atoms with E-state index in [0.29, 0.717) is 11.4 Å².